The third kappa shape index (κ3) is 3.02. The van der Waals surface area contributed by atoms with Gasteiger partial charge in [0, 0.05) is 13.1 Å². The van der Waals surface area contributed by atoms with Gasteiger partial charge in [-0.1, -0.05) is 31.5 Å². The van der Waals surface area contributed by atoms with E-state index >= 15 is 0 Å². The van der Waals surface area contributed by atoms with E-state index in [0.717, 1.165) is 18.4 Å². The normalized spacial score (nSPS) is 16.9. The number of carbonyl (C=O) groups is 1. The standard InChI is InChI=1S/C14H19NO4S/c1-2-5-12-6-3-4-7-13(12)20(18,19)15-9-11(10-15)8-14(16)17/h3-4,6-7,11H,2,5,8-10H2,1H3,(H,16,17). The molecular weight excluding hydrogens is 278 g/mol. The van der Waals surface area contributed by atoms with Crippen molar-refractivity contribution in [1.29, 1.82) is 0 Å². The van der Waals surface area contributed by atoms with E-state index in [-0.39, 0.29) is 12.3 Å². The number of hydrogen-bond acceptors (Lipinski definition) is 3. The first-order valence-electron chi connectivity index (χ1n) is 6.75. The van der Waals surface area contributed by atoms with E-state index in [9.17, 15) is 13.2 Å². The van der Waals surface area contributed by atoms with Crippen LogP contribution in [0.25, 0.3) is 0 Å². The zero-order valence-corrected chi connectivity index (χ0v) is 12.3. The molecule has 1 N–H and O–H groups in total. The Hall–Kier alpha value is -1.40. The second-order valence-electron chi connectivity index (χ2n) is 5.14. The van der Waals surface area contributed by atoms with E-state index in [1.807, 2.05) is 19.1 Å². The third-order valence-electron chi connectivity index (χ3n) is 3.50. The quantitative estimate of drug-likeness (QED) is 0.868. The van der Waals surface area contributed by atoms with Crippen LogP contribution >= 0.6 is 0 Å². The third-order valence-corrected chi connectivity index (χ3v) is 5.43. The van der Waals surface area contributed by atoms with Crippen molar-refractivity contribution >= 4 is 16.0 Å². The minimum Gasteiger partial charge on any atom is -0.481 e. The molecule has 0 aromatic heterocycles. The van der Waals surface area contributed by atoms with Gasteiger partial charge < -0.3 is 5.11 Å². The van der Waals surface area contributed by atoms with Crippen LogP contribution in [0.2, 0.25) is 0 Å². The molecule has 1 aliphatic heterocycles. The highest BCUT2D eigenvalue weighted by molar-refractivity contribution is 7.89. The molecule has 1 aromatic rings. The molecule has 0 atom stereocenters. The van der Waals surface area contributed by atoms with Crippen LogP contribution in [0.3, 0.4) is 0 Å². The molecule has 0 bridgehead atoms. The Morgan fingerprint density at radius 1 is 1.35 bits per heavy atom. The first-order valence-corrected chi connectivity index (χ1v) is 8.19. The van der Waals surface area contributed by atoms with E-state index in [2.05, 4.69) is 0 Å². The summed E-state index contributed by atoms with van der Waals surface area (Å²) in [7, 11) is -3.48. The van der Waals surface area contributed by atoms with Gasteiger partial charge in [-0.25, -0.2) is 8.42 Å². The summed E-state index contributed by atoms with van der Waals surface area (Å²) in [6, 6.07) is 7.03. The maximum atomic E-state index is 12.5. The molecule has 1 saturated heterocycles. The summed E-state index contributed by atoms with van der Waals surface area (Å²) >= 11 is 0. The van der Waals surface area contributed by atoms with Crippen molar-refractivity contribution in [3.63, 3.8) is 0 Å². The maximum absolute atomic E-state index is 12.5. The summed E-state index contributed by atoms with van der Waals surface area (Å²) in [6.45, 7) is 2.61. The molecule has 5 nitrogen and oxygen atoms in total. The molecular formula is C14H19NO4S. The summed E-state index contributed by atoms with van der Waals surface area (Å²) in [5.74, 6) is -0.945. The molecule has 0 unspecified atom stereocenters. The lowest BCUT2D eigenvalue weighted by molar-refractivity contribution is -0.139. The van der Waals surface area contributed by atoms with Gasteiger partial charge in [0.1, 0.15) is 0 Å². The molecule has 1 fully saturated rings. The van der Waals surface area contributed by atoms with E-state index in [1.54, 1.807) is 12.1 Å². The SMILES string of the molecule is CCCc1ccccc1S(=O)(=O)N1CC(CC(=O)O)C1. The Labute approximate surface area is 119 Å². The molecule has 20 heavy (non-hydrogen) atoms. The molecule has 6 heteroatoms. The molecule has 2 rings (SSSR count). The predicted octanol–water partition coefficient (Wildman–Crippen LogP) is 1.73. The predicted molar refractivity (Wildman–Crippen MR) is 74.9 cm³/mol. The lowest BCUT2D eigenvalue weighted by Crippen LogP contribution is -2.50. The van der Waals surface area contributed by atoms with Crippen LogP contribution < -0.4 is 0 Å². The Morgan fingerprint density at radius 3 is 2.60 bits per heavy atom. The fraction of sp³-hybridized carbons (Fsp3) is 0.500. The van der Waals surface area contributed by atoms with Gasteiger partial charge in [0.2, 0.25) is 10.0 Å². The zero-order chi connectivity index (χ0) is 14.8. The average Bonchev–Trinajstić information content (AvgIpc) is 2.33. The lowest BCUT2D eigenvalue weighted by Gasteiger charge is -2.37. The smallest absolute Gasteiger partial charge is 0.303 e. The fourth-order valence-corrected chi connectivity index (χ4v) is 4.31. The van der Waals surface area contributed by atoms with Crippen molar-refractivity contribution in [3.05, 3.63) is 29.8 Å². The first kappa shape index (κ1) is 15.0. The number of sulfonamides is 1. The van der Waals surface area contributed by atoms with Crippen molar-refractivity contribution in [2.45, 2.75) is 31.1 Å². The Kier molecular flexibility index (Phi) is 4.45. The van der Waals surface area contributed by atoms with Crippen LogP contribution in [0, 0.1) is 5.92 Å². The van der Waals surface area contributed by atoms with Crippen LogP contribution in [0.4, 0.5) is 0 Å². The Balaban J connectivity index is 2.14. The second kappa shape index (κ2) is 5.93. The molecule has 0 radical (unpaired) electrons. The van der Waals surface area contributed by atoms with Gasteiger partial charge in [-0.05, 0) is 24.0 Å². The van der Waals surface area contributed by atoms with Crippen LogP contribution in [-0.4, -0.2) is 36.9 Å². The maximum Gasteiger partial charge on any atom is 0.303 e. The molecule has 0 saturated carbocycles. The Bertz CT molecular complexity index is 591. The van der Waals surface area contributed by atoms with Gasteiger partial charge in [0.15, 0.2) is 0 Å². The molecule has 0 amide bonds. The number of hydrogen-bond donors (Lipinski definition) is 1. The zero-order valence-electron chi connectivity index (χ0n) is 11.4. The minimum absolute atomic E-state index is 0.0304. The van der Waals surface area contributed by atoms with E-state index < -0.39 is 16.0 Å². The molecule has 110 valence electrons. The number of nitrogens with zero attached hydrogens (tertiary/aromatic N) is 1. The van der Waals surface area contributed by atoms with E-state index in [4.69, 9.17) is 5.11 Å². The molecule has 0 spiro atoms. The van der Waals surface area contributed by atoms with Gasteiger partial charge in [0.25, 0.3) is 0 Å². The number of benzene rings is 1. The summed E-state index contributed by atoms with van der Waals surface area (Å²) in [4.78, 5) is 11.0. The van der Waals surface area contributed by atoms with Crippen molar-refractivity contribution in [2.24, 2.45) is 5.92 Å². The molecule has 1 aliphatic rings. The van der Waals surface area contributed by atoms with Crippen molar-refractivity contribution in [1.82, 2.24) is 4.31 Å². The minimum atomic E-state index is -3.48. The summed E-state index contributed by atoms with van der Waals surface area (Å²) in [6.07, 6.45) is 1.64. The number of carboxylic acids is 1. The largest absolute Gasteiger partial charge is 0.481 e. The lowest BCUT2D eigenvalue weighted by atomic mass is 10.00. The van der Waals surface area contributed by atoms with Crippen LogP contribution in [0.15, 0.2) is 29.2 Å². The summed E-state index contributed by atoms with van der Waals surface area (Å²) < 4.78 is 26.4. The molecule has 1 heterocycles. The highest BCUT2D eigenvalue weighted by Crippen LogP contribution is 2.29. The first-order chi connectivity index (χ1) is 9.45. The topological polar surface area (TPSA) is 74.7 Å². The van der Waals surface area contributed by atoms with Gasteiger partial charge in [-0.2, -0.15) is 4.31 Å². The second-order valence-corrected chi connectivity index (χ2v) is 7.05. The van der Waals surface area contributed by atoms with Crippen LogP contribution in [0.1, 0.15) is 25.3 Å². The number of rotatable bonds is 6. The summed E-state index contributed by atoms with van der Waals surface area (Å²) in [5.41, 5.74) is 0.830. The monoisotopic (exact) mass is 297 g/mol. The fourth-order valence-electron chi connectivity index (χ4n) is 2.47. The van der Waals surface area contributed by atoms with Crippen LogP contribution in [0.5, 0.6) is 0 Å². The van der Waals surface area contributed by atoms with Gasteiger partial charge >= 0.3 is 5.97 Å². The van der Waals surface area contributed by atoms with Crippen molar-refractivity contribution in [2.75, 3.05) is 13.1 Å². The number of aliphatic carboxylic acids is 1. The highest BCUT2D eigenvalue weighted by atomic mass is 32.2. The number of carboxylic acid groups (broad SMARTS) is 1. The van der Waals surface area contributed by atoms with Crippen molar-refractivity contribution in [3.8, 4) is 0 Å². The van der Waals surface area contributed by atoms with Crippen molar-refractivity contribution < 1.29 is 18.3 Å². The van der Waals surface area contributed by atoms with E-state index in [1.165, 1.54) is 4.31 Å². The average molecular weight is 297 g/mol. The number of aryl methyl sites for hydroxylation is 1. The van der Waals surface area contributed by atoms with Crippen LogP contribution in [-0.2, 0) is 21.2 Å². The molecule has 0 aliphatic carbocycles. The highest BCUT2D eigenvalue weighted by Gasteiger charge is 2.38. The Morgan fingerprint density at radius 2 is 2.00 bits per heavy atom. The summed E-state index contributed by atoms with van der Waals surface area (Å²) in [5, 5.41) is 8.70. The van der Waals surface area contributed by atoms with E-state index in [0.29, 0.717) is 18.0 Å². The van der Waals surface area contributed by atoms with Gasteiger partial charge in [-0.15, -0.1) is 0 Å². The van der Waals surface area contributed by atoms with Gasteiger partial charge in [-0.3, -0.25) is 4.79 Å². The van der Waals surface area contributed by atoms with Gasteiger partial charge in [0.05, 0.1) is 11.3 Å². The molecule has 1 aromatic carbocycles.